The molecule has 0 spiro atoms. The van der Waals surface area contributed by atoms with Gasteiger partial charge in [0.25, 0.3) is 0 Å². The third-order valence-corrected chi connectivity index (χ3v) is 28.3. The number of benzene rings is 15. The summed E-state index contributed by atoms with van der Waals surface area (Å²) in [5.41, 5.74) is 34.6. The van der Waals surface area contributed by atoms with Crippen LogP contribution in [0.1, 0.15) is 33.4 Å². The number of para-hydroxylation sites is 3. The second kappa shape index (κ2) is 30.8. The first-order valence-corrected chi connectivity index (χ1v) is 46.3. The highest BCUT2D eigenvalue weighted by atomic mass is 15.0. The Labute approximate surface area is 778 Å². The standard InChI is InChI=1S/2C42H26N4.C40H24N4/c1-2-17-36-31(13-1)40-32-14-6-10-26-9-5-11-28(39(26)32)25-38(40)46(36)37-19-18-27(23-34(37)35-16-3-4-20-43-35)33-24-29-12-7-21-44-41(29)42-30(33)15-8-22-45-42;1-2-17-37-32(13-1)40-33-14-6-10-26-9-5-11-27(39(26)33)24-38(40)46(37)29-18-19-30(35(25-29)36-16-3-4-20-43-36)34-23-28-12-7-21-44-41(28)42-31(34)15-8-22-45-42;1-2-14-28-27(13-1)35(23-43-39(28)32-21-26-12-7-19-41-38(26)40-29(32)17-8-20-42-40)44-33-18-4-3-15-30(33)37-31-16-6-10-24-9-5-11-25(36(24)31)22-34(37)44/h2*1-13,15-25H,14H2;1-15,17-23H,16H2. The summed E-state index contributed by atoms with van der Waals surface area (Å²) in [5.74, 6) is 0. The van der Waals surface area contributed by atoms with Crippen LogP contribution in [0, 0.1) is 0 Å². The monoisotopic (exact) mass is 1730 g/mol. The van der Waals surface area contributed by atoms with Crippen molar-refractivity contribution in [3.63, 3.8) is 0 Å². The largest absolute Gasteiger partial charge is 0.309 e. The smallest absolute Gasteiger partial charge is 0.0971 e. The lowest BCUT2D eigenvalue weighted by atomic mass is 9.89. The zero-order valence-electron chi connectivity index (χ0n) is 73.4. The topological polar surface area (TPSA) is 131 Å². The molecule has 136 heavy (non-hydrogen) atoms. The Bertz CT molecular complexity index is 9930. The fourth-order valence-electron chi connectivity index (χ4n) is 22.7. The van der Waals surface area contributed by atoms with Gasteiger partial charge in [-0.3, -0.25) is 44.9 Å². The summed E-state index contributed by atoms with van der Waals surface area (Å²) in [6.07, 6.45) is 33.3. The van der Waals surface area contributed by atoms with Crippen molar-refractivity contribution in [2.45, 2.75) is 19.3 Å². The predicted octanol–water partition coefficient (Wildman–Crippen LogP) is 30.5. The third kappa shape index (κ3) is 11.9. The summed E-state index contributed by atoms with van der Waals surface area (Å²) in [6.45, 7) is 0. The first-order valence-electron chi connectivity index (χ1n) is 46.3. The molecule has 0 atom stereocenters. The second-order valence-electron chi connectivity index (χ2n) is 35.6. The molecule has 12 aromatic heterocycles. The zero-order valence-corrected chi connectivity index (χ0v) is 73.4. The minimum atomic E-state index is 0.896. The Morgan fingerprint density at radius 2 is 0.596 bits per heavy atom. The van der Waals surface area contributed by atoms with E-state index in [-0.39, 0.29) is 0 Å². The van der Waals surface area contributed by atoms with E-state index in [2.05, 4.69) is 351 Å². The summed E-state index contributed by atoms with van der Waals surface area (Å²) < 4.78 is 7.31. The Kier molecular flexibility index (Phi) is 17.3. The van der Waals surface area contributed by atoms with Gasteiger partial charge in [0.2, 0.25) is 0 Å². The molecule has 0 N–H and O–H groups in total. The molecule has 30 rings (SSSR count). The van der Waals surface area contributed by atoms with Crippen molar-refractivity contribution in [2.24, 2.45) is 0 Å². The van der Waals surface area contributed by atoms with Gasteiger partial charge in [0.1, 0.15) is 0 Å². The van der Waals surface area contributed by atoms with Gasteiger partial charge in [-0.15, -0.1) is 0 Å². The van der Waals surface area contributed by atoms with Gasteiger partial charge >= 0.3 is 0 Å². The van der Waals surface area contributed by atoms with Crippen LogP contribution < -0.4 is 0 Å². The van der Waals surface area contributed by atoms with Crippen LogP contribution in [0.25, 0.3) is 265 Å². The SMILES string of the molecule is C1=Cc2cccc3cc4c(c(c23)C1)c1ccccc1n4-c1ccc(-c2cc3cccnc3c3ncccc23)c(-c2ccccn2)c1.C1=Cc2cccc3cc4c(c(c23)C1)c1ccccc1n4-c1ccc(-c2cc3cccnc3c3ncccc23)cc1-c1ccccn1.C1=Cc2cccc3cc4c(c(c23)C1)c1ccccc1n4-c1cnc(-c2cc3cccnc3c3ncccc23)c2ccccc12. The molecule has 0 fully saturated rings. The molecule has 0 aliphatic heterocycles. The van der Waals surface area contributed by atoms with E-state index in [0.717, 1.165) is 169 Å². The number of hydrogen-bond acceptors (Lipinski definition) is 9. The molecule has 27 aromatic rings. The van der Waals surface area contributed by atoms with Gasteiger partial charge in [-0.2, -0.15) is 0 Å². The van der Waals surface area contributed by atoms with Crippen molar-refractivity contribution in [3.05, 3.63) is 441 Å². The van der Waals surface area contributed by atoms with Crippen LogP contribution in [0.4, 0.5) is 0 Å². The number of rotatable bonds is 8. The molecule has 632 valence electrons. The van der Waals surface area contributed by atoms with E-state index in [1.54, 1.807) is 0 Å². The molecular weight excluding hydrogens is 1660 g/mol. The highest BCUT2D eigenvalue weighted by molar-refractivity contribution is 6.24. The van der Waals surface area contributed by atoms with E-state index in [9.17, 15) is 0 Å². The van der Waals surface area contributed by atoms with Gasteiger partial charge in [-0.05, 0) is 247 Å². The fourth-order valence-corrected chi connectivity index (χ4v) is 22.7. The van der Waals surface area contributed by atoms with Gasteiger partial charge in [0.15, 0.2) is 0 Å². The molecule has 15 aromatic carbocycles. The number of hydrogen-bond donors (Lipinski definition) is 0. The second-order valence-corrected chi connectivity index (χ2v) is 35.6. The first kappa shape index (κ1) is 76.7. The Morgan fingerprint density at radius 3 is 1.10 bits per heavy atom. The molecule has 12 nitrogen and oxygen atoms in total. The van der Waals surface area contributed by atoms with Gasteiger partial charge in [0, 0.05) is 147 Å². The highest BCUT2D eigenvalue weighted by Gasteiger charge is 2.29. The molecule has 12 heterocycles. The fraction of sp³-hybridized carbons (Fsp3) is 0.0242. The number of aromatic nitrogens is 12. The number of fused-ring (bicyclic) bond motifs is 22. The third-order valence-electron chi connectivity index (χ3n) is 28.3. The maximum absolute atomic E-state index is 5.25. The number of pyridine rings is 9. The summed E-state index contributed by atoms with van der Waals surface area (Å²) in [5, 5.41) is 24.4. The molecule has 0 amide bonds. The van der Waals surface area contributed by atoms with E-state index >= 15 is 0 Å². The van der Waals surface area contributed by atoms with Crippen molar-refractivity contribution in [2.75, 3.05) is 0 Å². The van der Waals surface area contributed by atoms with Crippen molar-refractivity contribution >= 4 is 192 Å². The van der Waals surface area contributed by atoms with Crippen molar-refractivity contribution in [1.82, 2.24) is 58.6 Å². The molecule has 0 unspecified atom stereocenters. The number of nitrogens with zero attached hydrogens (tertiary/aromatic N) is 12. The molecule has 0 saturated carbocycles. The molecular formula is C124H76N12. The zero-order chi connectivity index (χ0) is 89.2. The summed E-state index contributed by atoms with van der Waals surface area (Å²) in [7, 11) is 0. The van der Waals surface area contributed by atoms with Gasteiger partial charge in [-0.25, -0.2) is 0 Å². The first-order chi connectivity index (χ1) is 67.5. The summed E-state index contributed by atoms with van der Waals surface area (Å²) in [4.78, 5) is 43.4. The molecule has 3 aliphatic carbocycles. The van der Waals surface area contributed by atoms with E-state index in [1.165, 1.54) is 131 Å². The van der Waals surface area contributed by atoms with Crippen LogP contribution >= 0.6 is 0 Å². The summed E-state index contributed by atoms with van der Waals surface area (Å²) in [6, 6.07) is 119. The van der Waals surface area contributed by atoms with Crippen molar-refractivity contribution in [1.29, 1.82) is 0 Å². The van der Waals surface area contributed by atoms with E-state index in [0.29, 0.717) is 0 Å². The van der Waals surface area contributed by atoms with Crippen LogP contribution in [-0.2, 0) is 19.3 Å². The maximum atomic E-state index is 5.25. The van der Waals surface area contributed by atoms with Gasteiger partial charge in [0.05, 0.1) is 101 Å². The van der Waals surface area contributed by atoms with Gasteiger partial charge < -0.3 is 13.7 Å². The quantitative estimate of drug-likeness (QED) is 0.136. The minimum Gasteiger partial charge on any atom is -0.309 e. The number of allylic oxidation sites excluding steroid dienone is 3. The van der Waals surface area contributed by atoms with Crippen LogP contribution in [0.2, 0.25) is 0 Å². The lowest BCUT2D eigenvalue weighted by Crippen LogP contribution is -2.00. The Balaban J connectivity index is 0.000000101. The predicted molar refractivity (Wildman–Crippen MR) is 563 cm³/mol. The Morgan fingerprint density at radius 1 is 0.206 bits per heavy atom. The van der Waals surface area contributed by atoms with Crippen molar-refractivity contribution in [3.8, 4) is 73.1 Å². The lowest BCUT2D eigenvalue weighted by Gasteiger charge is -2.18. The highest BCUT2D eigenvalue weighted by Crippen LogP contribution is 2.50. The van der Waals surface area contributed by atoms with E-state index in [1.807, 2.05) is 98.1 Å². The molecule has 3 aliphatic rings. The average Bonchev–Trinajstić information content (AvgIpc) is 1.55. The van der Waals surface area contributed by atoms with Crippen LogP contribution in [-0.4, -0.2) is 58.6 Å². The van der Waals surface area contributed by atoms with E-state index in [4.69, 9.17) is 34.9 Å². The van der Waals surface area contributed by atoms with Crippen LogP contribution in [0.3, 0.4) is 0 Å². The van der Waals surface area contributed by atoms with E-state index < -0.39 is 0 Å². The molecule has 12 heteroatoms. The summed E-state index contributed by atoms with van der Waals surface area (Å²) >= 11 is 0. The van der Waals surface area contributed by atoms with Crippen LogP contribution in [0.15, 0.2) is 408 Å². The average molecular weight is 1730 g/mol. The van der Waals surface area contributed by atoms with Gasteiger partial charge in [-0.1, -0.05) is 231 Å². The van der Waals surface area contributed by atoms with Crippen molar-refractivity contribution < 1.29 is 0 Å². The lowest BCUT2D eigenvalue weighted by molar-refractivity contribution is 1.16. The Hall–Kier alpha value is -18.1. The molecule has 0 radical (unpaired) electrons. The maximum Gasteiger partial charge on any atom is 0.0971 e. The van der Waals surface area contributed by atoms with Crippen LogP contribution in [0.5, 0.6) is 0 Å². The molecule has 0 bridgehead atoms. The molecule has 0 saturated heterocycles. The minimum absolute atomic E-state index is 0.896. The normalized spacial score (nSPS) is 12.7.